The number of imidazole rings is 1. The molecule has 152 valence electrons. The molecule has 0 saturated carbocycles. The van der Waals surface area contributed by atoms with E-state index in [1.54, 1.807) is 10.6 Å². The fraction of sp³-hybridized carbons (Fsp3) is 0.348. The summed E-state index contributed by atoms with van der Waals surface area (Å²) in [5.41, 5.74) is 3.81. The predicted octanol–water partition coefficient (Wildman–Crippen LogP) is 4.47. The van der Waals surface area contributed by atoms with Gasteiger partial charge in [-0.15, -0.1) is 0 Å². The van der Waals surface area contributed by atoms with E-state index in [2.05, 4.69) is 10.3 Å². The van der Waals surface area contributed by atoms with Crippen LogP contribution in [0, 0.1) is 13.8 Å². The van der Waals surface area contributed by atoms with Gasteiger partial charge in [-0.25, -0.2) is 4.98 Å². The third-order valence-corrected chi connectivity index (χ3v) is 5.08. The van der Waals surface area contributed by atoms with Crippen molar-refractivity contribution in [2.45, 2.75) is 40.5 Å². The van der Waals surface area contributed by atoms with E-state index in [0.29, 0.717) is 24.3 Å². The Labute approximate surface area is 171 Å². The van der Waals surface area contributed by atoms with Crippen molar-refractivity contribution in [3.8, 4) is 0 Å². The molecule has 1 N–H and O–H groups in total. The molecule has 29 heavy (non-hydrogen) atoms. The maximum atomic E-state index is 13.2. The molecule has 3 rings (SSSR count). The summed E-state index contributed by atoms with van der Waals surface area (Å²) in [6.45, 7) is 9.40. The molecule has 0 atom stereocenters. The molecular weight excluding hydrogens is 364 g/mol. The summed E-state index contributed by atoms with van der Waals surface area (Å²) in [5.74, 6) is -0.266. The van der Waals surface area contributed by atoms with Crippen LogP contribution in [0.25, 0.3) is 5.52 Å². The summed E-state index contributed by atoms with van der Waals surface area (Å²) < 4.78 is 1.68. The topological polar surface area (TPSA) is 66.7 Å². The SMILES string of the molecule is CCCN(CCC)C(=O)c1nc(C(=O)Nc2cccc(C)c2C)n2ccccc12. The number of anilines is 1. The highest BCUT2D eigenvalue weighted by atomic mass is 16.2. The standard InChI is InChI=1S/C23H28N4O2/c1-5-13-26(14-6-2)23(29)20-19-12-7-8-15-27(19)21(25-20)22(28)24-18-11-9-10-16(3)17(18)4/h7-12,15H,5-6,13-14H2,1-4H3,(H,24,28). The summed E-state index contributed by atoms with van der Waals surface area (Å²) in [4.78, 5) is 32.5. The summed E-state index contributed by atoms with van der Waals surface area (Å²) in [5, 5.41) is 2.94. The monoisotopic (exact) mass is 392 g/mol. The number of hydrogen-bond acceptors (Lipinski definition) is 3. The average molecular weight is 393 g/mol. The van der Waals surface area contributed by atoms with Gasteiger partial charge in [0.25, 0.3) is 11.8 Å². The first-order valence-corrected chi connectivity index (χ1v) is 10.1. The van der Waals surface area contributed by atoms with Gasteiger partial charge in [-0.1, -0.05) is 32.0 Å². The Hall–Kier alpha value is -3.15. The lowest BCUT2D eigenvalue weighted by Gasteiger charge is -2.20. The van der Waals surface area contributed by atoms with E-state index in [0.717, 1.165) is 29.7 Å². The van der Waals surface area contributed by atoms with Crippen LogP contribution in [0.15, 0.2) is 42.6 Å². The molecule has 2 heterocycles. The van der Waals surface area contributed by atoms with Gasteiger partial charge in [0, 0.05) is 25.0 Å². The van der Waals surface area contributed by atoms with Crippen LogP contribution in [0.5, 0.6) is 0 Å². The Bertz CT molecular complexity index is 1030. The zero-order valence-electron chi connectivity index (χ0n) is 17.5. The van der Waals surface area contributed by atoms with Crippen LogP contribution in [0.3, 0.4) is 0 Å². The van der Waals surface area contributed by atoms with E-state index in [1.807, 2.05) is 69.0 Å². The molecule has 6 nitrogen and oxygen atoms in total. The summed E-state index contributed by atoms with van der Waals surface area (Å²) in [6, 6.07) is 11.3. The van der Waals surface area contributed by atoms with E-state index >= 15 is 0 Å². The van der Waals surface area contributed by atoms with Gasteiger partial charge in [0.05, 0.1) is 5.52 Å². The van der Waals surface area contributed by atoms with Crippen LogP contribution in [-0.4, -0.2) is 39.2 Å². The van der Waals surface area contributed by atoms with E-state index < -0.39 is 0 Å². The zero-order valence-corrected chi connectivity index (χ0v) is 17.5. The van der Waals surface area contributed by atoms with E-state index in [-0.39, 0.29) is 17.6 Å². The summed E-state index contributed by atoms with van der Waals surface area (Å²) in [7, 11) is 0. The minimum absolute atomic E-state index is 0.136. The first kappa shape index (κ1) is 20.6. The Morgan fingerprint density at radius 1 is 1.03 bits per heavy atom. The molecule has 0 saturated heterocycles. The van der Waals surface area contributed by atoms with Crippen molar-refractivity contribution in [2.24, 2.45) is 0 Å². The van der Waals surface area contributed by atoms with E-state index in [9.17, 15) is 9.59 Å². The minimum atomic E-state index is -0.337. The molecule has 0 bridgehead atoms. The quantitative estimate of drug-likeness (QED) is 0.645. The maximum absolute atomic E-state index is 13.2. The van der Waals surface area contributed by atoms with E-state index in [4.69, 9.17) is 0 Å². The number of rotatable bonds is 7. The number of benzene rings is 1. The van der Waals surface area contributed by atoms with Crippen molar-refractivity contribution in [1.82, 2.24) is 14.3 Å². The van der Waals surface area contributed by atoms with Crippen molar-refractivity contribution in [2.75, 3.05) is 18.4 Å². The van der Waals surface area contributed by atoms with Crippen LogP contribution in [0.2, 0.25) is 0 Å². The van der Waals surface area contributed by atoms with Crippen LogP contribution in [0.4, 0.5) is 5.69 Å². The summed E-state index contributed by atoms with van der Waals surface area (Å²) >= 11 is 0. The van der Waals surface area contributed by atoms with Gasteiger partial charge >= 0.3 is 0 Å². The van der Waals surface area contributed by atoms with Crippen LogP contribution >= 0.6 is 0 Å². The number of pyridine rings is 1. The number of carbonyl (C=O) groups excluding carboxylic acids is 2. The van der Waals surface area contributed by atoms with Crippen LogP contribution in [-0.2, 0) is 0 Å². The first-order chi connectivity index (χ1) is 14.0. The number of aromatic nitrogens is 2. The molecule has 0 aliphatic carbocycles. The third-order valence-electron chi connectivity index (χ3n) is 5.08. The minimum Gasteiger partial charge on any atom is -0.337 e. The molecule has 0 unspecified atom stereocenters. The number of amides is 2. The third kappa shape index (κ3) is 4.16. The number of aryl methyl sites for hydroxylation is 1. The highest BCUT2D eigenvalue weighted by Gasteiger charge is 2.25. The molecular formula is C23H28N4O2. The van der Waals surface area contributed by atoms with Crippen molar-refractivity contribution in [3.63, 3.8) is 0 Å². The molecule has 0 fully saturated rings. The molecule has 0 spiro atoms. The predicted molar refractivity (Wildman–Crippen MR) is 116 cm³/mol. The number of carbonyl (C=O) groups is 2. The fourth-order valence-corrected chi connectivity index (χ4v) is 3.42. The lowest BCUT2D eigenvalue weighted by molar-refractivity contribution is 0.0752. The molecule has 0 radical (unpaired) electrons. The van der Waals surface area contributed by atoms with Gasteiger partial charge in [0.15, 0.2) is 5.69 Å². The van der Waals surface area contributed by atoms with Gasteiger partial charge in [-0.2, -0.15) is 0 Å². The second-order valence-corrected chi connectivity index (χ2v) is 7.23. The summed E-state index contributed by atoms with van der Waals surface area (Å²) in [6.07, 6.45) is 3.51. The van der Waals surface area contributed by atoms with E-state index in [1.165, 1.54) is 0 Å². The van der Waals surface area contributed by atoms with Crippen molar-refractivity contribution in [1.29, 1.82) is 0 Å². The lowest BCUT2D eigenvalue weighted by Crippen LogP contribution is -2.33. The number of nitrogens with one attached hydrogen (secondary N) is 1. The van der Waals surface area contributed by atoms with Crippen molar-refractivity contribution >= 4 is 23.0 Å². The molecule has 2 aromatic heterocycles. The van der Waals surface area contributed by atoms with Crippen LogP contribution < -0.4 is 5.32 Å². The Balaban J connectivity index is 2.00. The highest BCUT2D eigenvalue weighted by molar-refractivity contribution is 6.06. The van der Waals surface area contributed by atoms with Crippen molar-refractivity contribution < 1.29 is 9.59 Å². The number of hydrogen-bond donors (Lipinski definition) is 1. The van der Waals surface area contributed by atoms with Crippen molar-refractivity contribution in [3.05, 3.63) is 65.2 Å². The van der Waals surface area contributed by atoms with Gasteiger partial charge in [0.1, 0.15) is 0 Å². The van der Waals surface area contributed by atoms with Crippen LogP contribution in [0.1, 0.15) is 58.9 Å². The maximum Gasteiger partial charge on any atom is 0.292 e. The number of fused-ring (bicyclic) bond motifs is 1. The Kier molecular flexibility index (Phi) is 6.32. The Morgan fingerprint density at radius 2 is 1.76 bits per heavy atom. The molecule has 1 aromatic carbocycles. The molecule has 0 aliphatic rings. The highest BCUT2D eigenvalue weighted by Crippen LogP contribution is 2.21. The molecule has 0 aliphatic heterocycles. The largest absolute Gasteiger partial charge is 0.337 e. The number of nitrogens with zero attached hydrogens (tertiary/aromatic N) is 3. The lowest BCUT2D eigenvalue weighted by atomic mass is 10.1. The Morgan fingerprint density at radius 3 is 2.45 bits per heavy atom. The van der Waals surface area contributed by atoms with Gasteiger partial charge < -0.3 is 10.2 Å². The van der Waals surface area contributed by atoms with Gasteiger partial charge in [0.2, 0.25) is 5.82 Å². The van der Waals surface area contributed by atoms with Gasteiger partial charge in [-0.05, 0) is 56.0 Å². The smallest absolute Gasteiger partial charge is 0.292 e. The molecule has 2 amide bonds. The molecule has 6 heteroatoms. The second-order valence-electron chi connectivity index (χ2n) is 7.23. The average Bonchev–Trinajstić information content (AvgIpc) is 3.10. The fourth-order valence-electron chi connectivity index (χ4n) is 3.42. The van der Waals surface area contributed by atoms with Gasteiger partial charge in [-0.3, -0.25) is 14.0 Å². The second kappa shape index (κ2) is 8.90. The first-order valence-electron chi connectivity index (χ1n) is 10.1. The molecule has 3 aromatic rings. The zero-order chi connectivity index (χ0) is 21.0. The normalized spacial score (nSPS) is 10.9.